The van der Waals surface area contributed by atoms with Gasteiger partial charge < -0.3 is 5.32 Å². The van der Waals surface area contributed by atoms with E-state index in [9.17, 15) is 4.39 Å². The van der Waals surface area contributed by atoms with Crippen LogP contribution >= 0.6 is 11.6 Å². The molecule has 0 bridgehead atoms. The minimum Gasteiger partial charge on any atom is -0.316 e. The zero-order chi connectivity index (χ0) is 15.4. The highest BCUT2D eigenvalue weighted by Crippen LogP contribution is 2.20. The number of hydrogen-bond acceptors (Lipinski definition) is 1. The Balaban J connectivity index is 2.13. The summed E-state index contributed by atoms with van der Waals surface area (Å²) in [6.07, 6.45) is 1.49. The Kier molecular flexibility index (Phi) is 5.38. The topological polar surface area (TPSA) is 12.0 Å². The molecule has 0 spiro atoms. The maximum Gasteiger partial charge on any atom is 0.145 e. The van der Waals surface area contributed by atoms with Gasteiger partial charge in [0.2, 0.25) is 0 Å². The van der Waals surface area contributed by atoms with Crippen molar-refractivity contribution in [3.05, 3.63) is 69.5 Å². The molecule has 0 saturated carbocycles. The molecule has 0 heterocycles. The van der Waals surface area contributed by atoms with E-state index in [0.29, 0.717) is 12.0 Å². The summed E-state index contributed by atoms with van der Waals surface area (Å²) < 4.78 is 14.0. The van der Waals surface area contributed by atoms with Crippen molar-refractivity contribution in [2.45, 2.75) is 32.7 Å². The Morgan fingerprint density at radius 1 is 1.10 bits per heavy atom. The molecule has 2 aromatic carbocycles. The van der Waals surface area contributed by atoms with Gasteiger partial charge in [0.05, 0.1) is 5.02 Å². The lowest BCUT2D eigenvalue weighted by Gasteiger charge is -2.18. The van der Waals surface area contributed by atoms with Gasteiger partial charge in [0.1, 0.15) is 5.82 Å². The van der Waals surface area contributed by atoms with Gasteiger partial charge in [-0.05, 0) is 62.1 Å². The normalized spacial score (nSPS) is 12.4. The molecule has 112 valence electrons. The molecule has 0 radical (unpaired) electrons. The predicted molar refractivity (Wildman–Crippen MR) is 87.6 cm³/mol. The van der Waals surface area contributed by atoms with Gasteiger partial charge in [-0.25, -0.2) is 4.39 Å². The number of nitrogens with one attached hydrogen (secondary N) is 1. The summed E-state index contributed by atoms with van der Waals surface area (Å²) in [7, 11) is 1.91. The third-order valence-corrected chi connectivity index (χ3v) is 4.25. The summed E-state index contributed by atoms with van der Waals surface area (Å²) >= 11 is 5.84. The van der Waals surface area contributed by atoms with Gasteiger partial charge in [0.15, 0.2) is 0 Å². The third kappa shape index (κ3) is 4.05. The molecular weight excluding hydrogens is 285 g/mol. The molecule has 0 aliphatic carbocycles. The van der Waals surface area contributed by atoms with Crippen LogP contribution in [0.4, 0.5) is 4.39 Å². The lowest BCUT2D eigenvalue weighted by Crippen LogP contribution is -2.30. The number of rotatable bonds is 5. The van der Waals surface area contributed by atoms with Gasteiger partial charge in [-0.15, -0.1) is 0 Å². The van der Waals surface area contributed by atoms with E-state index >= 15 is 0 Å². The Bertz CT molecular complexity index is 625. The van der Waals surface area contributed by atoms with E-state index in [2.05, 4.69) is 37.4 Å². The molecule has 1 atom stereocenters. The fourth-order valence-corrected chi connectivity index (χ4v) is 2.66. The van der Waals surface area contributed by atoms with E-state index in [1.807, 2.05) is 7.05 Å². The standard InChI is InChI=1S/C18H21ClFN/c1-12-7-8-14(9-13(12)2)10-16(21-3)11-15-5-4-6-17(19)18(15)20/h4-9,16,21H,10-11H2,1-3H3. The minimum absolute atomic E-state index is 0.181. The molecule has 0 amide bonds. The smallest absolute Gasteiger partial charge is 0.145 e. The molecule has 0 aliphatic rings. The average Bonchev–Trinajstić information content (AvgIpc) is 2.47. The van der Waals surface area contributed by atoms with Crippen molar-refractivity contribution in [3.63, 3.8) is 0 Å². The Morgan fingerprint density at radius 3 is 2.52 bits per heavy atom. The quantitative estimate of drug-likeness (QED) is 0.859. The van der Waals surface area contributed by atoms with Gasteiger partial charge in [0.25, 0.3) is 0 Å². The van der Waals surface area contributed by atoms with Gasteiger partial charge in [-0.2, -0.15) is 0 Å². The molecule has 0 fully saturated rings. The molecule has 0 aliphatic heterocycles. The molecule has 0 saturated heterocycles. The van der Waals surface area contributed by atoms with Crippen molar-refractivity contribution in [1.82, 2.24) is 5.32 Å². The third-order valence-electron chi connectivity index (χ3n) is 3.96. The fourth-order valence-electron chi connectivity index (χ4n) is 2.46. The van der Waals surface area contributed by atoms with E-state index in [-0.39, 0.29) is 16.9 Å². The number of hydrogen-bond donors (Lipinski definition) is 1. The molecule has 0 aromatic heterocycles. The van der Waals surface area contributed by atoms with Gasteiger partial charge in [-0.3, -0.25) is 0 Å². The van der Waals surface area contributed by atoms with E-state index in [1.165, 1.54) is 16.7 Å². The van der Waals surface area contributed by atoms with Crippen LogP contribution in [0.3, 0.4) is 0 Å². The monoisotopic (exact) mass is 305 g/mol. The molecule has 2 aromatic rings. The minimum atomic E-state index is -0.306. The largest absolute Gasteiger partial charge is 0.316 e. The number of aryl methyl sites for hydroxylation is 2. The zero-order valence-electron chi connectivity index (χ0n) is 12.7. The van der Waals surface area contributed by atoms with Gasteiger partial charge >= 0.3 is 0 Å². The molecule has 3 heteroatoms. The average molecular weight is 306 g/mol. The lowest BCUT2D eigenvalue weighted by atomic mass is 9.96. The summed E-state index contributed by atoms with van der Waals surface area (Å²) in [6.45, 7) is 4.22. The van der Waals surface area contributed by atoms with Crippen molar-refractivity contribution in [2.75, 3.05) is 7.05 Å². The zero-order valence-corrected chi connectivity index (χ0v) is 13.5. The van der Waals surface area contributed by atoms with E-state index < -0.39 is 0 Å². The fraction of sp³-hybridized carbons (Fsp3) is 0.333. The van der Waals surface area contributed by atoms with Crippen molar-refractivity contribution in [3.8, 4) is 0 Å². The molecule has 1 nitrogen and oxygen atoms in total. The second kappa shape index (κ2) is 7.06. The molecule has 2 rings (SSSR count). The van der Waals surface area contributed by atoms with Crippen LogP contribution in [0.25, 0.3) is 0 Å². The van der Waals surface area contributed by atoms with Crippen LogP contribution in [-0.4, -0.2) is 13.1 Å². The highest BCUT2D eigenvalue weighted by Gasteiger charge is 2.13. The Morgan fingerprint density at radius 2 is 1.86 bits per heavy atom. The lowest BCUT2D eigenvalue weighted by molar-refractivity contribution is 0.532. The highest BCUT2D eigenvalue weighted by molar-refractivity contribution is 6.30. The van der Waals surface area contributed by atoms with Crippen molar-refractivity contribution < 1.29 is 4.39 Å². The van der Waals surface area contributed by atoms with Crippen LogP contribution in [0.1, 0.15) is 22.3 Å². The summed E-state index contributed by atoms with van der Waals surface area (Å²) in [6, 6.07) is 11.8. The first-order valence-electron chi connectivity index (χ1n) is 7.17. The van der Waals surface area contributed by atoms with Crippen LogP contribution < -0.4 is 5.32 Å². The van der Waals surface area contributed by atoms with Gasteiger partial charge in [-0.1, -0.05) is 41.9 Å². The number of halogens is 2. The Labute approximate surface area is 131 Å². The van der Waals surface area contributed by atoms with Gasteiger partial charge in [0, 0.05) is 6.04 Å². The first-order valence-corrected chi connectivity index (χ1v) is 7.55. The molecule has 1 unspecified atom stereocenters. The van der Waals surface area contributed by atoms with Crippen molar-refractivity contribution >= 4 is 11.6 Å². The first kappa shape index (κ1) is 16.0. The van der Waals surface area contributed by atoms with E-state index in [4.69, 9.17) is 11.6 Å². The maximum absolute atomic E-state index is 14.0. The first-order chi connectivity index (χ1) is 10.0. The highest BCUT2D eigenvalue weighted by atomic mass is 35.5. The van der Waals surface area contributed by atoms with Crippen LogP contribution in [0, 0.1) is 19.7 Å². The Hall–Kier alpha value is -1.38. The number of benzene rings is 2. The van der Waals surface area contributed by atoms with Crippen LogP contribution in [0.15, 0.2) is 36.4 Å². The summed E-state index contributed by atoms with van der Waals surface area (Å²) in [4.78, 5) is 0. The van der Waals surface area contributed by atoms with E-state index in [0.717, 1.165) is 6.42 Å². The summed E-state index contributed by atoms with van der Waals surface area (Å²) in [5, 5.41) is 3.46. The second-order valence-corrected chi connectivity index (χ2v) is 5.93. The van der Waals surface area contributed by atoms with Crippen LogP contribution in [-0.2, 0) is 12.8 Å². The molecule has 21 heavy (non-hydrogen) atoms. The van der Waals surface area contributed by atoms with Crippen molar-refractivity contribution in [1.29, 1.82) is 0 Å². The van der Waals surface area contributed by atoms with Crippen LogP contribution in [0.5, 0.6) is 0 Å². The molecular formula is C18H21ClFN. The van der Waals surface area contributed by atoms with Crippen molar-refractivity contribution in [2.24, 2.45) is 0 Å². The predicted octanol–water partition coefficient (Wildman–Crippen LogP) is 4.47. The second-order valence-electron chi connectivity index (χ2n) is 5.53. The van der Waals surface area contributed by atoms with E-state index in [1.54, 1.807) is 18.2 Å². The summed E-state index contributed by atoms with van der Waals surface area (Å²) in [5.41, 5.74) is 4.50. The molecule has 1 N–H and O–H groups in total. The number of likely N-dealkylation sites (N-methyl/N-ethyl adjacent to an activating group) is 1. The van der Waals surface area contributed by atoms with Crippen LogP contribution in [0.2, 0.25) is 5.02 Å². The maximum atomic E-state index is 14.0. The SMILES string of the molecule is CNC(Cc1ccc(C)c(C)c1)Cc1cccc(Cl)c1F. The summed E-state index contributed by atoms with van der Waals surface area (Å²) in [5.74, 6) is -0.306.